The van der Waals surface area contributed by atoms with Crippen LogP contribution in [0.4, 0.5) is 0 Å². The normalized spacial score (nSPS) is 30.2. The van der Waals surface area contributed by atoms with Gasteiger partial charge in [0, 0.05) is 12.2 Å². The van der Waals surface area contributed by atoms with Crippen LogP contribution in [-0.2, 0) is 14.6 Å². The highest BCUT2D eigenvalue weighted by molar-refractivity contribution is 7.90. The number of hydrogen-bond donors (Lipinski definition) is 1. The van der Waals surface area contributed by atoms with Gasteiger partial charge in [-0.15, -0.1) is 0 Å². The Morgan fingerprint density at radius 2 is 1.88 bits per heavy atom. The van der Waals surface area contributed by atoms with Crippen molar-refractivity contribution in [2.45, 2.75) is 51.4 Å². The van der Waals surface area contributed by atoms with Gasteiger partial charge in [0.25, 0.3) is 0 Å². The van der Waals surface area contributed by atoms with Crippen LogP contribution in [0.1, 0.15) is 34.1 Å². The molecule has 16 heavy (non-hydrogen) atoms. The van der Waals surface area contributed by atoms with Gasteiger partial charge in [-0.2, -0.15) is 0 Å². The molecule has 1 fully saturated rings. The molecule has 1 N–H and O–H groups in total. The fraction of sp³-hybridized carbons (Fsp3) is 1.00. The quantitative estimate of drug-likeness (QED) is 0.811. The van der Waals surface area contributed by atoms with E-state index in [0.717, 1.165) is 6.26 Å². The second-order valence-electron chi connectivity index (χ2n) is 5.94. The fourth-order valence-electron chi connectivity index (χ4n) is 2.63. The Kier molecular flexibility index (Phi) is 3.45. The molecule has 1 aliphatic heterocycles. The van der Waals surface area contributed by atoms with Crippen molar-refractivity contribution in [3.63, 3.8) is 0 Å². The summed E-state index contributed by atoms with van der Waals surface area (Å²) in [5.74, 6) is -0.335. The number of ether oxygens (including phenoxy) is 1. The second kappa shape index (κ2) is 3.96. The van der Waals surface area contributed by atoms with Crippen molar-refractivity contribution < 1.29 is 18.3 Å². The minimum absolute atomic E-state index is 0.141. The van der Waals surface area contributed by atoms with E-state index in [1.807, 2.05) is 27.7 Å². The van der Waals surface area contributed by atoms with Crippen molar-refractivity contribution in [1.82, 2.24) is 0 Å². The first-order chi connectivity index (χ1) is 6.93. The van der Waals surface area contributed by atoms with Gasteiger partial charge in [-0.05, 0) is 34.1 Å². The number of aliphatic hydroxyl groups is 1. The first-order valence-corrected chi connectivity index (χ1v) is 7.55. The molecule has 1 heterocycles. The Labute approximate surface area is 97.9 Å². The molecular formula is C11H22O4S. The molecule has 1 aliphatic rings. The average molecular weight is 250 g/mol. The summed E-state index contributed by atoms with van der Waals surface area (Å²) in [6.45, 7) is 7.72. The summed E-state index contributed by atoms with van der Waals surface area (Å²) in [7, 11) is -3.15. The molecule has 0 spiro atoms. The number of aliphatic hydroxyl groups excluding tert-OH is 1. The van der Waals surface area contributed by atoms with E-state index >= 15 is 0 Å². The Bertz CT molecular complexity index is 356. The maximum absolute atomic E-state index is 11.2. The maximum Gasteiger partial charge on any atom is 0.150 e. The van der Waals surface area contributed by atoms with Crippen molar-refractivity contribution >= 4 is 9.84 Å². The van der Waals surface area contributed by atoms with E-state index < -0.39 is 21.5 Å². The van der Waals surface area contributed by atoms with E-state index in [1.54, 1.807) is 0 Å². The smallest absolute Gasteiger partial charge is 0.150 e. The lowest BCUT2D eigenvalue weighted by Crippen LogP contribution is -2.39. The highest BCUT2D eigenvalue weighted by Crippen LogP contribution is 2.43. The number of rotatable bonds is 3. The van der Waals surface area contributed by atoms with Crippen molar-refractivity contribution in [3.05, 3.63) is 0 Å². The minimum Gasteiger partial charge on any atom is -0.392 e. The highest BCUT2D eigenvalue weighted by atomic mass is 32.2. The molecule has 2 unspecified atom stereocenters. The van der Waals surface area contributed by atoms with Crippen LogP contribution in [0.15, 0.2) is 0 Å². The van der Waals surface area contributed by atoms with Gasteiger partial charge < -0.3 is 9.84 Å². The van der Waals surface area contributed by atoms with Crippen molar-refractivity contribution in [1.29, 1.82) is 0 Å². The molecule has 0 bridgehead atoms. The Hall–Kier alpha value is -0.130. The highest BCUT2D eigenvalue weighted by Gasteiger charge is 2.49. The lowest BCUT2D eigenvalue weighted by Gasteiger charge is -2.29. The zero-order chi connectivity index (χ0) is 12.8. The van der Waals surface area contributed by atoms with E-state index in [9.17, 15) is 13.5 Å². The van der Waals surface area contributed by atoms with Crippen LogP contribution in [0.3, 0.4) is 0 Å². The fourth-order valence-corrected chi connectivity index (χ4v) is 3.48. The molecule has 0 aromatic rings. The molecule has 4 nitrogen and oxygen atoms in total. The summed E-state index contributed by atoms with van der Waals surface area (Å²) < 4.78 is 28.2. The Morgan fingerprint density at radius 3 is 2.19 bits per heavy atom. The third-order valence-corrected chi connectivity index (χ3v) is 4.03. The van der Waals surface area contributed by atoms with E-state index in [1.165, 1.54) is 0 Å². The molecule has 96 valence electrons. The molecule has 1 saturated heterocycles. The van der Waals surface area contributed by atoms with Crippen molar-refractivity contribution in [2.75, 3.05) is 12.0 Å². The molecule has 0 radical (unpaired) electrons. The average Bonchev–Trinajstić information content (AvgIpc) is 2.14. The minimum atomic E-state index is -3.15. The van der Waals surface area contributed by atoms with Gasteiger partial charge in [0.1, 0.15) is 9.84 Å². The van der Waals surface area contributed by atoms with Crippen molar-refractivity contribution in [3.8, 4) is 0 Å². The van der Waals surface area contributed by atoms with Gasteiger partial charge in [-0.3, -0.25) is 0 Å². The van der Waals surface area contributed by atoms with E-state index in [-0.39, 0.29) is 17.3 Å². The predicted octanol–water partition coefficient (Wildman–Crippen LogP) is 0.986. The SMILES string of the molecule is CC1(C)CC(C(O)CS(C)(=O)=O)C(C)(C)O1. The lowest BCUT2D eigenvalue weighted by atomic mass is 9.84. The third-order valence-electron chi connectivity index (χ3n) is 3.08. The van der Waals surface area contributed by atoms with Gasteiger partial charge in [0.15, 0.2) is 0 Å². The van der Waals surface area contributed by atoms with Gasteiger partial charge in [-0.25, -0.2) is 8.42 Å². The molecule has 0 amide bonds. The Balaban J connectivity index is 2.81. The summed E-state index contributed by atoms with van der Waals surface area (Å²) in [4.78, 5) is 0. The van der Waals surface area contributed by atoms with Gasteiger partial charge >= 0.3 is 0 Å². The van der Waals surface area contributed by atoms with E-state index in [4.69, 9.17) is 4.74 Å². The van der Waals surface area contributed by atoms with E-state index in [0.29, 0.717) is 6.42 Å². The zero-order valence-corrected chi connectivity index (χ0v) is 11.5. The lowest BCUT2D eigenvalue weighted by molar-refractivity contribution is -0.0854. The van der Waals surface area contributed by atoms with Crippen LogP contribution >= 0.6 is 0 Å². The topological polar surface area (TPSA) is 63.6 Å². The second-order valence-corrected chi connectivity index (χ2v) is 8.12. The zero-order valence-electron chi connectivity index (χ0n) is 10.6. The van der Waals surface area contributed by atoms with Crippen LogP contribution in [0.5, 0.6) is 0 Å². The summed E-state index contributed by atoms with van der Waals surface area (Å²) in [6, 6.07) is 0. The molecule has 5 heteroatoms. The largest absolute Gasteiger partial charge is 0.392 e. The Morgan fingerprint density at radius 1 is 1.38 bits per heavy atom. The summed E-state index contributed by atoms with van der Waals surface area (Å²) in [5.41, 5.74) is -0.778. The van der Waals surface area contributed by atoms with Crippen molar-refractivity contribution in [2.24, 2.45) is 5.92 Å². The number of hydrogen-bond acceptors (Lipinski definition) is 4. The standard InChI is InChI=1S/C11H22O4S/c1-10(2)6-8(11(3,4)15-10)9(12)7-16(5,13)14/h8-9,12H,6-7H2,1-5H3. The molecule has 2 atom stereocenters. The van der Waals surface area contributed by atoms with Gasteiger partial charge in [-0.1, -0.05) is 0 Å². The van der Waals surface area contributed by atoms with Crippen LogP contribution in [0.2, 0.25) is 0 Å². The maximum atomic E-state index is 11.2. The van der Waals surface area contributed by atoms with Crippen LogP contribution < -0.4 is 0 Å². The monoisotopic (exact) mass is 250 g/mol. The third kappa shape index (κ3) is 3.43. The molecular weight excluding hydrogens is 228 g/mol. The number of sulfone groups is 1. The predicted molar refractivity (Wildman–Crippen MR) is 63.1 cm³/mol. The van der Waals surface area contributed by atoms with Gasteiger partial charge in [0.05, 0.1) is 23.1 Å². The summed E-state index contributed by atoms with van der Waals surface area (Å²) in [5, 5.41) is 9.99. The molecule has 1 rings (SSSR count). The van der Waals surface area contributed by atoms with Gasteiger partial charge in [0.2, 0.25) is 0 Å². The van der Waals surface area contributed by atoms with Crippen LogP contribution in [0.25, 0.3) is 0 Å². The summed E-state index contributed by atoms with van der Waals surface area (Å²) in [6.07, 6.45) is 0.965. The summed E-state index contributed by atoms with van der Waals surface area (Å²) >= 11 is 0. The van der Waals surface area contributed by atoms with E-state index in [2.05, 4.69) is 0 Å². The molecule has 0 aromatic heterocycles. The van der Waals surface area contributed by atoms with Crippen LogP contribution in [-0.4, -0.2) is 42.8 Å². The first kappa shape index (κ1) is 13.9. The molecule has 0 saturated carbocycles. The molecule has 0 aromatic carbocycles. The first-order valence-electron chi connectivity index (χ1n) is 5.49. The van der Waals surface area contributed by atoms with Crippen LogP contribution in [0, 0.1) is 5.92 Å². The molecule has 0 aliphatic carbocycles.